The summed E-state index contributed by atoms with van der Waals surface area (Å²) >= 11 is 0. The summed E-state index contributed by atoms with van der Waals surface area (Å²) in [6.07, 6.45) is 5.69. The highest BCUT2D eigenvalue weighted by atomic mass is 127. The van der Waals surface area contributed by atoms with Crippen molar-refractivity contribution in [2.24, 2.45) is 4.99 Å². The molecule has 1 aliphatic rings. The number of anilines is 1. The monoisotopic (exact) mass is 532 g/mol. The molecule has 0 saturated carbocycles. The van der Waals surface area contributed by atoms with Crippen molar-refractivity contribution in [3.8, 4) is 11.3 Å². The van der Waals surface area contributed by atoms with E-state index in [1.54, 1.807) is 13.2 Å². The number of piperidine rings is 1. The standard InChI is InChI=1S/C23H28N6O.HI/c1-17-6-8-18(9-7-17)20-15-26-22(30-20)16-27-23(24-2)28-19-10-13-29(14-11-19)21-5-3-4-12-25-21;/h3-9,12,15,19H,10-11,13-14,16H2,1-2H3,(H2,24,27,28);1H. The Labute approximate surface area is 200 Å². The normalized spacial score (nSPS) is 14.8. The number of halogens is 1. The number of nitrogens with one attached hydrogen (secondary N) is 2. The number of hydrogen-bond acceptors (Lipinski definition) is 5. The maximum Gasteiger partial charge on any atom is 0.214 e. The van der Waals surface area contributed by atoms with Gasteiger partial charge in [-0.2, -0.15) is 0 Å². The predicted octanol–water partition coefficient (Wildman–Crippen LogP) is 4.00. The van der Waals surface area contributed by atoms with Gasteiger partial charge in [0.2, 0.25) is 5.89 Å². The van der Waals surface area contributed by atoms with Crippen LogP contribution in [0.1, 0.15) is 24.3 Å². The molecule has 3 aromatic rings. The minimum atomic E-state index is 0. The number of rotatable bonds is 5. The molecule has 0 spiro atoms. The number of benzene rings is 1. The van der Waals surface area contributed by atoms with E-state index in [0.29, 0.717) is 18.5 Å². The van der Waals surface area contributed by atoms with Crippen LogP contribution in [0, 0.1) is 6.92 Å². The van der Waals surface area contributed by atoms with E-state index >= 15 is 0 Å². The Kier molecular flexibility index (Phi) is 8.27. The Balaban J connectivity index is 0.00000272. The van der Waals surface area contributed by atoms with Gasteiger partial charge in [0.1, 0.15) is 5.82 Å². The van der Waals surface area contributed by atoms with Crippen LogP contribution in [-0.2, 0) is 6.54 Å². The van der Waals surface area contributed by atoms with Crippen molar-refractivity contribution in [3.05, 3.63) is 66.3 Å². The molecule has 8 heteroatoms. The van der Waals surface area contributed by atoms with Crippen LogP contribution in [0.5, 0.6) is 0 Å². The Morgan fingerprint density at radius 1 is 1.13 bits per heavy atom. The molecule has 2 aromatic heterocycles. The van der Waals surface area contributed by atoms with Gasteiger partial charge in [-0.15, -0.1) is 24.0 Å². The molecule has 0 unspecified atom stereocenters. The molecule has 1 saturated heterocycles. The molecule has 1 aromatic carbocycles. The van der Waals surface area contributed by atoms with E-state index in [9.17, 15) is 0 Å². The zero-order chi connectivity index (χ0) is 20.8. The largest absolute Gasteiger partial charge is 0.439 e. The third kappa shape index (κ3) is 6.19. The average Bonchev–Trinajstić information content (AvgIpc) is 3.27. The second-order valence-electron chi connectivity index (χ2n) is 7.50. The molecule has 1 aliphatic heterocycles. The van der Waals surface area contributed by atoms with Gasteiger partial charge in [0.25, 0.3) is 0 Å². The van der Waals surface area contributed by atoms with E-state index in [-0.39, 0.29) is 24.0 Å². The third-order valence-corrected chi connectivity index (χ3v) is 5.33. The molecule has 1 fully saturated rings. The predicted molar refractivity (Wildman–Crippen MR) is 135 cm³/mol. The van der Waals surface area contributed by atoms with Crippen LogP contribution in [-0.4, -0.2) is 42.1 Å². The van der Waals surface area contributed by atoms with Crippen LogP contribution in [0.25, 0.3) is 11.3 Å². The van der Waals surface area contributed by atoms with E-state index in [1.165, 1.54) is 5.56 Å². The number of aromatic nitrogens is 2. The summed E-state index contributed by atoms with van der Waals surface area (Å²) in [6.45, 7) is 4.51. The maximum absolute atomic E-state index is 5.89. The first kappa shape index (κ1) is 23.1. The van der Waals surface area contributed by atoms with Crippen molar-refractivity contribution in [2.45, 2.75) is 32.4 Å². The average molecular weight is 532 g/mol. The van der Waals surface area contributed by atoms with Crippen molar-refractivity contribution in [2.75, 3.05) is 25.0 Å². The summed E-state index contributed by atoms with van der Waals surface area (Å²) in [5.74, 6) is 3.23. The first-order valence-corrected chi connectivity index (χ1v) is 10.4. The lowest BCUT2D eigenvalue weighted by molar-refractivity contribution is 0.455. The second kappa shape index (κ2) is 11.1. The van der Waals surface area contributed by atoms with Crippen LogP contribution in [0.15, 0.2) is 64.3 Å². The Bertz CT molecular complexity index is 965. The van der Waals surface area contributed by atoms with Crippen molar-refractivity contribution >= 4 is 35.8 Å². The first-order chi connectivity index (χ1) is 14.7. The Hall–Kier alpha value is -2.62. The van der Waals surface area contributed by atoms with Crippen molar-refractivity contribution in [3.63, 3.8) is 0 Å². The number of nitrogens with zero attached hydrogens (tertiary/aromatic N) is 4. The van der Waals surface area contributed by atoms with Gasteiger partial charge < -0.3 is 20.0 Å². The van der Waals surface area contributed by atoms with Gasteiger partial charge in [-0.1, -0.05) is 35.9 Å². The van der Waals surface area contributed by atoms with E-state index in [2.05, 4.69) is 55.6 Å². The van der Waals surface area contributed by atoms with Gasteiger partial charge in [0.05, 0.1) is 12.7 Å². The molecule has 3 heterocycles. The minimum absolute atomic E-state index is 0. The third-order valence-electron chi connectivity index (χ3n) is 5.33. The topological polar surface area (TPSA) is 78.6 Å². The van der Waals surface area contributed by atoms with Crippen LogP contribution in [0.3, 0.4) is 0 Å². The Morgan fingerprint density at radius 3 is 2.58 bits per heavy atom. The summed E-state index contributed by atoms with van der Waals surface area (Å²) in [5.41, 5.74) is 2.25. The smallest absolute Gasteiger partial charge is 0.214 e. The zero-order valence-electron chi connectivity index (χ0n) is 17.9. The lowest BCUT2D eigenvalue weighted by Gasteiger charge is -2.33. The zero-order valence-corrected chi connectivity index (χ0v) is 20.2. The lowest BCUT2D eigenvalue weighted by atomic mass is 10.1. The van der Waals surface area contributed by atoms with Gasteiger partial charge >= 0.3 is 0 Å². The highest BCUT2D eigenvalue weighted by Gasteiger charge is 2.20. The number of aryl methyl sites for hydroxylation is 1. The molecule has 0 aliphatic carbocycles. The Morgan fingerprint density at radius 2 is 1.90 bits per heavy atom. The molecule has 7 nitrogen and oxygen atoms in total. The summed E-state index contributed by atoms with van der Waals surface area (Å²) in [5, 5.41) is 6.82. The van der Waals surface area contributed by atoms with E-state index in [4.69, 9.17) is 4.42 Å². The fourth-order valence-electron chi connectivity index (χ4n) is 3.58. The number of aliphatic imine (C=N–C) groups is 1. The fraction of sp³-hybridized carbons (Fsp3) is 0.348. The summed E-state index contributed by atoms with van der Waals surface area (Å²) < 4.78 is 5.89. The highest BCUT2D eigenvalue weighted by molar-refractivity contribution is 14.0. The molecule has 0 bridgehead atoms. The molecule has 0 amide bonds. The molecular weight excluding hydrogens is 503 g/mol. The van der Waals surface area contributed by atoms with Crippen LogP contribution < -0.4 is 15.5 Å². The van der Waals surface area contributed by atoms with Gasteiger partial charge in [-0.3, -0.25) is 4.99 Å². The van der Waals surface area contributed by atoms with E-state index in [0.717, 1.165) is 49.0 Å². The maximum atomic E-state index is 5.89. The van der Waals surface area contributed by atoms with Gasteiger partial charge in [0.15, 0.2) is 11.7 Å². The van der Waals surface area contributed by atoms with Crippen molar-refractivity contribution < 1.29 is 4.42 Å². The number of pyridine rings is 1. The lowest BCUT2D eigenvalue weighted by Crippen LogP contribution is -2.48. The minimum Gasteiger partial charge on any atom is -0.439 e. The fourth-order valence-corrected chi connectivity index (χ4v) is 3.58. The number of oxazole rings is 1. The second-order valence-corrected chi connectivity index (χ2v) is 7.50. The van der Waals surface area contributed by atoms with Crippen LogP contribution in [0.4, 0.5) is 5.82 Å². The van der Waals surface area contributed by atoms with Gasteiger partial charge in [-0.05, 0) is 31.9 Å². The van der Waals surface area contributed by atoms with Crippen LogP contribution >= 0.6 is 24.0 Å². The van der Waals surface area contributed by atoms with E-state index < -0.39 is 0 Å². The number of guanidine groups is 1. The van der Waals surface area contributed by atoms with E-state index in [1.807, 2.05) is 30.5 Å². The molecule has 2 N–H and O–H groups in total. The first-order valence-electron chi connectivity index (χ1n) is 10.4. The SMILES string of the molecule is CN=C(NCc1ncc(-c2ccc(C)cc2)o1)NC1CCN(c2ccccn2)CC1.I. The van der Waals surface area contributed by atoms with Crippen molar-refractivity contribution in [1.82, 2.24) is 20.6 Å². The molecule has 31 heavy (non-hydrogen) atoms. The summed E-state index contributed by atoms with van der Waals surface area (Å²) in [6, 6.07) is 14.7. The molecule has 164 valence electrons. The molecule has 4 rings (SSSR count). The van der Waals surface area contributed by atoms with Gasteiger partial charge in [0, 0.05) is 37.9 Å². The summed E-state index contributed by atoms with van der Waals surface area (Å²) in [4.78, 5) is 15.5. The highest BCUT2D eigenvalue weighted by Crippen LogP contribution is 2.21. The summed E-state index contributed by atoms with van der Waals surface area (Å²) in [7, 11) is 1.78. The molecular formula is C23H29IN6O. The quantitative estimate of drug-likeness (QED) is 0.294. The number of hydrogen-bond donors (Lipinski definition) is 2. The molecule has 0 atom stereocenters. The van der Waals surface area contributed by atoms with Crippen LogP contribution in [0.2, 0.25) is 0 Å². The van der Waals surface area contributed by atoms with Crippen molar-refractivity contribution in [1.29, 1.82) is 0 Å². The van der Waals surface area contributed by atoms with Gasteiger partial charge in [-0.25, -0.2) is 9.97 Å². The molecule has 0 radical (unpaired) electrons.